The molecule has 9 rings (SSSR count). The second-order valence-corrected chi connectivity index (χ2v) is 15.1. The van der Waals surface area contributed by atoms with Crippen LogP contribution in [0.2, 0.25) is 0 Å². The summed E-state index contributed by atoms with van der Waals surface area (Å²) in [7, 11) is 9.57. The predicted octanol–water partition coefficient (Wildman–Crippen LogP) is 8.51. The van der Waals surface area contributed by atoms with E-state index in [-0.39, 0.29) is 12.1 Å². The first-order valence-corrected chi connectivity index (χ1v) is 19.0. The third-order valence-corrected chi connectivity index (χ3v) is 11.9. The molecule has 5 heterocycles. The van der Waals surface area contributed by atoms with E-state index in [9.17, 15) is 0 Å². The average molecular weight is 718 g/mol. The van der Waals surface area contributed by atoms with Crippen LogP contribution in [0.25, 0.3) is 0 Å². The number of hydrogen-bond acceptors (Lipinski definition) is 9. The normalized spacial score (nSPS) is 18.4. The molecule has 0 aliphatic carbocycles. The molecule has 0 fully saturated rings. The Kier molecular flexibility index (Phi) is 9.85. The fourth-order valence-corrected chi connectivity index (χ4v) is 8.89. The minimum absolute atomic E-state index is 0.00877. The molecule has 6 bridgehead atoms. The number of likely N-dealkylation sites (N-methyl/N-ethyl adjacent to an activating group) is 2. The van der Waals surface area contributed by atoms with E-state index in [0.717, 1.165) is 85.0 Å². The summed E-state index contributed by atoms with van der Waals surface area (Å²) in [5.41, 5.74) is 8.56. The molecule has 1 N–H and O–H groups in total. The maximum Gasteiger partial charge on any atom is 0.204 e. The van der Waals surface area contributed by atoms with E-state index in [0.29, 0.717) is 23.8 Å². The zero-order chi connectivity index (χ0) is 35.8. The molecule has 0 unspecified atom stereocenters. The van der Waals surface area contributed by atoms with E-state index in [2.05, 4.69) is 101 Å². The van der Waals surface area contributed by atoms with Gasteiger partial charge >= 0.3 is 0 Å². The van der Waals surface area contributed by atoms with Gasteiger partial charge in [0, 0.05) is 54.3 Å². The van der Waals surface area contributed by atoms with Crippen LogP contribution in [0.5, 0.6) is 40.2 Å². The van der Waals surface area contributed by atoms with E-state index in [1.807, 2.05) is 6.07 Å². The molecule has 1 aromatic heterocycles. The Labute approximate surface area is 310 Å². The van der Waals surface area contributed by atoms with Crippen LogP contribution in [0.1, 0.15) is 55.9 Å². The van der Waals surface area contributed by atoms with Crippen molar-refractivity contribution in [2.45, 2.75) is 50.9 Å². The van der Waals surface area contributed by atoms with Crippen molar-refractivity contribution >= 4 is 11.3 Å². The smallest absolute Gasteiger partial charge is 0.204 e. The Morgan fingerprint density at radius 1 is 0.750 bits per heavy atom. The molecule has 4 aliphatic heterocycles. The molecule has 52 heavy (non-hydrogen) atoms. The third-order valence-electron chi connectivity index (χ3n) is 11.0. The molecule has 0 spiro atoms. The van der Waals surface area contributed by atoms with Crippen LogP contribution in [0.3, 0.4) is 0 Å². The monoisotopic (exact) mass is 717 g/mol. The number of benzene rings is 4. The van der Waals surface area contributed by atoms with Gasteiger partial charge in [-0.05, 0) is 115 Å². The lowest BCUT2D eigenvalue weighted by molar-refractivity contribution is 0.220. The maximum atomic E-state index is 7.13. The second kappa shape index (κ2) is 14.8. The van der Waals surface area contributed by atoms with Crippen LogP contribution in [0.4, 0.5) is 0 Å². The fourth-order valence-electron chi connectivity index (χ4n) is 8.22. The summed E-state index contributed by atoms with van der Waals surface area (Å²) in [5, 5.41) is 5.82. The number of rotatable bonds is 7. The lowest BCUT2D eigenvalue weighted by Gasteiger charge is -2.38. The van der Waals surface area contributed by atoms with Crippen molar-refractivity contribution < 1.29 is 23.7 Å². The molecule has 0 amide bonds. The van der Waals surface area contributed by atoms with Crippen LogP contribution in [0.15, 0.2) is 78.2 Å². The van der Waals surface area contributed by atoms with E-state index in [4.69, 9.17) is 23.7 Å². The highest BCUT2D eigenvalue weighted by atomic mass is 32.1. The number of fused-ring (bicyclic) bond motifs is 2. The lowest BCUT2D eigenvalue weighted by Crippen LogP contribution is -2.35. The van der Waals surface area contributed by atoms with Crippen molar-refractivity contribution in [2.24, 2.45) is 0 Å². The summed E-state index contributed by atoms with van der Waals surface area (Å²) in [6.45, 7) is 3.32. The Morgan fingerprint density at radius 2 is 1.50 bits per heavy atom. The largest absolute Gasteiger partial charge is 0.493 e. The van der Waals surface area contributed by atoms with Crippen molar-refractivity contribution in [3.05, 3.63) is 122 Å². The van der Waals surface area contributed by atoms with Crippen LogP contribution in [-0.4, -0.2) is 58.3 Å². The molecule has 5 aromatic rings. The number of thiophene rings is 1. The van der Waals surface area contributed by atoms with Gasteiger partial charge in [0.05, 0.1) is 21.3 Å². The minimum atomic E-state index is -0.00877. The Hall–Kier alpha value is -4.54. The summed E-state index contributed by atoms with van der Waals surface area (Å²) in [6, 6.07) is 25.8. The highest BCUT2D eigenvalue weighted by Gasteiger charge is 2.36. The van der Waals surface area contributed by atoms with Gasteiger partial charge in [-0.1, -0.05) is 30.3 Å². The molecule has 8 nitrogen and oxygen atoms in total. The minimum Gasteiger partial charge on any atom is -0.493 e. The number of hydrogen-bond donors (Lipinski definition) is 1. The van der Waals surface area contributed by atoms with E-state index < -0.39 is 0 Å². The highest BCUT2D eigenvalue weighted by Crippen LogP contribution is 2.53. The molecule has 270 valence electrons. The van der Waals surface area contributed by atoms with Gasteiger partial charge in [0.2, 0.25) is 5.75 Å². The zero-order valence-electron chi connectivity index (χ0n) is 30.7. The summed E-state index contributed by atoms with van der Waals surface area (Å²) in [5.74, 6) is 5.04. The first kappa shape index (κ1) is 34.5. The second-order valence-electron chi connectivity index (χ2n) is 14.0. The van der Waals surface area contributed by atoms with Crippen molar-refractivity contribution in [3.8, 4) is 40.2 Å². The molecule has 9 heteroatoms. The van der Waals surface area contributed by atoms with Crippen molar-refractivity contribution in [2.75, 3.05) is 48.5 Å². The summed E-state index contributed by atoms with van der Waals surface area (Å²) < 4.78 is 31.9. The predicted molar refractivity (Wildman–Crippen MR) is 206 cm³/mol. The summed E-state index contributed by atoms with van der Waals surface area (Å²) in [6.07, 6.45) is 3.46. The summed E-state index contributed by atoms with van der Waals surface area (Å²) in [4.78, 5) is 6.19. The van der Waals surface area contributed by atoms with Gasteiger partial charge in [-0.3, -0.25) is 9.80 Å². The first-order valence-electron chi connectivity index (χ1n) is 18.1. The van der Waals surface area contributed by atoms with Crippen LogP contribution >= 0.6 is 11.3 Å². The van der Waals surface area contributed by atoms with Crippen LogP contribution in [0, 0.1) is 0 Å². The van der Waals surface area contributed by atoms with Gasteiger partial charge in [-0.2, -0.15) is 0 Å². The average Bonchev–Trinajstić information content (AvgIpc) is 3.68. The van der Waals surface area contributed by atoms with Crippen LogP contribution < -0.4 is 29.0 Å². The Balaban J connectivity index is 1.32. The van der Waals surface area contributed by atoms with Crippen molar-refractivity contribution in [3.63, 3.8) is 0 Å². The van der Waals surface area contributed by atoms with Gasteiger partial charge in [0.1, 0.15) is 11.5 Å². The maximum absolute atomic E-state index is 7.13. The molecule has 4 aliphatic rings. The van der Waals surface area contributed by atoms with Crippen molar-refractivity contribution in [1.82, 2.24) is 15.1 Å². The highest BCUT2D eigenvalue weighted by molar-refractivity contribution is 7.09. The van der Waals surface area contributed by atoms with Gasteiger partial charge in [-0.15, -0.1) is 11.3 Å². The molecular formula is C43H47N3O5S. The van der Waals surface area contributed by atoms with Gasteiger partial charge in [0.15, 0.2) is 23.0 Å². The zero-order valence-corrected chi connectivity index (χ0v) is 31.5. The number of ether oxygens (including phenoxy) is 5. The van der Waals surface area contributed by atoms with Gasteiger partial charge in [-0.25, -0.2) is 0 Å². The SMILES string of the molecule is COc1ccc2cc1Oc1ccc(cc1)C[C@H]1c3cc(ccc3CCN1C)Oc1c(OC)c(OC)c(CNCc3cccs3)c3c1[C@H](C2)N(C)CC3. The molecule has 0 saturated carbocycles. The first-order chi connectivity index (χ1) is 25.4. The lowest BCUT2D eigenvalue weighted by atomic mass is 9.84. The topological polar surface area (TPSA) is 64.7 Å². The molecular weight excluding hydrogens is 671 g/mol. The number of nitrogens with one attached hydrogen (secondary N) is 1. The molecule has 0 saturated heterocycles. The number of methoxy groups -OCH3 is 3. The van der Waals surface area contributed by atoms with E-state index >= 15 is 0 Å². The van der Waals surface area contributed by atoms with Gasteiger partial charge < -0.3 is 29.0 Å². The van der Waals surface area contributed by atoms with E-state index in [1.54, 1.807) is 32.7 Å². The Morgan fingerprint density at radius 3 is 2.27 bits per heavy atom. The van der Waals surface area contributed by atoms with Gasteiger partial charge in [0.25, 0.3) is 0 Å². The van der Waals surface area contributed by atoms with Crippen LogP contribution in [-0.2, 0) is 38.8 Å². The fraction of sp³-hybridized carbons (Fsp3) is 0.349. The van der Waals surface area contributed by atoms with E-state index in [1.165, 1.54) is 27.1 Å². The van der Waals surface area contributed by atoms with Crippen molar-refractivity contribution in [1.29, 1.82) is 0 Å². The molecule has 2 atom stereocenters. The Bertz CT molecular complexity index is 2050. The summed E-state index contributed by atoms with van der Waals surface area (Å²) >= 11 is 1.76. The quantitative estimate of drug-likeness (QED) is 0.180. The molecule has 0 radical (unpaired) electrons. The number of nitrogens with zero attached hydrogens (tertiary/aromatic N) is 2. The standard InChI is InChI=1S/C43H47N3O5S/c1-45-18-16-29-11-14-31-24-34(29)36(45)21-27-8-12-30(13-9-27)50-39-23-28(10-15-38(39)47-3)22-37-40-33(17-19-46(37)2)35(26-44-25-32-7-6-20-52-32)41(48-4)43(49-5)42(40)51-31/h6-15,20,23-24,36-37,44H,16-19,21-22,25-26H2,1-5H3/t36-,37-/m0/s1. The molecule has 4 aromatic carbocycles. The third kappa shape index (κ3) is 6.63.